The fourth-order valence-electron chi connectivity index (χ4n) is 4.29. The summed E-state index contributed by atoms with van der Waals surface area (Å²) in [5, 5.41) is 7.72. The number of carbonyl (C=O) groups excluding carboxylic acids is 2. The first kappa shape index (κ1) is 34.1. The Balaban J connectivity index is 1.67. The maximum absolute atomic E-state index is 13.9. The maximum Gasteiger partial charge on any atom is 0.416 e. The van der Waals surface area contributed by atoms with E-state index in [1.807, 2.05) is 30.3 Å². The highest BCUT2D eigenvalue weighted by atomic mass is 32.2. The molecule has 12 nitrogen and oxygen atoms in total. The van der Waals surface area contributed by atoms with Gasteiger partial charge in [-0.05, 0) is 83.0 Å². The number of amides is 1. The monoisotopic (exact) mass is 646 g/mol. The number of esters is 1. The van der Waals surface area contributed by atoms with Crippen molar-refractivity contribution in [1.29, 1.82) is 0 Å². The number of aromatic nitrogens is 4. The Morgan fingerprint density at radius 2 is 1.48 bits per heavy atom. The van der Waals surface area contributed by atoms with Crippen LogP contribution in [0.15, 0.2) is 90.3 Å². The lowest BCUT2D eigenvalue weighted by molar-refractivity contribution is -0.153. The van der Waals surface area contributed by atoms with E-state index in [-0.39, 0.29) is 23.8 Å². The summed E-state index contributed by atoms with van der Waals surface area (Å²) in [5.74, 6) is -0.552. The number of hydrogen-bond acceptors (Lipinski definition) is 10. The van der Waals surface area contributed by atoms with Crippen LogP contribution in [0, 0.1) is 0 Å². The first-order valence-corrected chi connectivity index (χ1v) is 16.0. The molecule has 0 bridgehead atoms. The summed E-state index contributed by atoms with van der Waals surface area (Å²) in [6.07, 6.45) is 5.24. The lowest BCUT2D eigenvalue weighted by atomic mass is 10.1. The molecule has 0 unspecified atom stereocenters. The SMILES string of the molecule is CC(C)(C)OC(=O)CN(C(=O)OC(C)(C)C)c1cccc(CN(Cc2ccc(-c3ccnnc3)cc2)S(=O)(=O)c2cccnc2)n1. The lowest BCUT2D eigenvalue weighted by Crippen LogP contribution is -2.42. The summed E-state index contributed by atoms with van der Waals surface area (Å²) in [6, 6.07) is 17.2. The van der Waals surface area contributed by atoms with Crippen molar-refractivity contribution in [1.82, 2.24) is 24.5 Å². The van der Waals surface area contributed by atoms with E-state index < -0.39 is 39.8 Å². The van der Waals surface area contributed by atoms with E-state index in [1.54, 1.807) is 78.2 Å². The van der Waals surface area contributed by atoms with Crippen molar-refractivity contribution >= 4 is 27.9 Å². The van der Waals surface area contributed by atoms with Gasteiger partial charge >= 0.3 is 12.1 Å². The third-order valence-electron chi connectivity index (χ3n) is 6.23. The number of benzene rings is 1. The molecule has 0 aliphatic carbocycles. The third kappa shape index (κ3) is 9.62. The first-order valence-electron chi connectivity index (χ1n) is 14.6. The smallest absolute Gasteiger partial charge is 0.416 e. The van der Waals surface area contributed by atoms with Gasteiger partial charge in [0.1, 0.15) is 28.5 Å². The number of anilines is 1. The molecule has 242 valence electrons. The molecule has 0 aliphatic heterocycles. The van der Waals surface area contributed by atoms with E-state index in [0.717, 1.165) is 21.6 Å². The summed E-state index contributed by atoms with van der Waals surface area (Å²) in [7, 11) is -4.04. The highest BCUT2D eigenvalue weighted by Crippen LogP contribution is 2.24. The molecule has 4 rings (SSSR count). The topological polar surface area (TPSA) is 145 Å². The van der Waals surface area contributed by atoms with Crippen molar-refractivity contribution in [2.75, 3.05) is 11.4 Å². The minimum Gasteiger partial charge on any atom is -0.459 e. The zero-order valence-electron chi connectivity index (χ0n) is 26.7. The molecular weight excluding hydrogens is 608 g/mol. The first-order chi connectivity index (χ1) is 21.6. The van der Waals surface area contributed by atoms with E-state index >= 15 is 0 Å². The van der Waals surface area contributed by atoms with Gasteiger partial charge in [0.05, 0.1) is 24.6 Å². The number of sulfonamides is 1. The van der Waals surface area contributed by atoms with E-state index in [4.69, 9.17) is 9.47 Å². The number of carbonyl (C=O) groups is 2. The fourth-order valence-corrected chi connectivity index (χ4v) is 5.65. The molecular formula is C33H38N6O6S. The highest BCUT2D eigenvalue weighted by Gasteiger charge is 2.30. The molecule has 46 heavy (non-hydrogen) atoms. The molecule has 0 spiro atoms. The molecule has 0 aliphatic rings. The van der Waals surface area contributed by atoms with Crippen molar-refractivity contribution in [3.8, 4) is 11.1 Å². The molecule has 0 N–H and O–H groups in total. The lowest BCUT2D eigenvalue weighted by Gasteiger charge is -2.28. The van der Waals surface area contributed by atoms with E-state index in [0.29, 0.717) is 5.69 Å². The highest BCUT2D eigenvalue weighted by molar-refractivity contribution is 7.89. The number of pyridine rings is 2. The standard InChI is InChI=1S/C33H38N6O6S/c1-32(2,3)44-30(40)23-39(31(41)45-33(4,5)6)29-11-7-9-27(37-29)22-38(46(42,43)28-10-8-17-34-20-28)21-24-12-14-25(15-13-24)26-16-18-35-36-19-26/h7-20H,21-23H2,1-6H3. The second-order valence-electron chi connectivity index (χ2n) is 12.4. The second kappa shape index (κ2) is 14.1. The molecule has 0 atom stereocenters. The van der Waals surface area contributed by atoms with Crippen LogP contribution < -0.4 is 4.90 Å². The van der Waals surface area contributed by atoms with Crippen LogP contribution in [0.2, 0.25) is 0 Å². The molecule has 3 aromatic heterocycles. The Kier molecular flexibility index (Phi) is 10.5. The van der Waals surface area contributed by atoms with Crippen molar-refractivity contribution in [2.24, 2.45) is 0 Å². The number of hydrogen-bond donors (Lipinski definition) is 0. The van der Waals surface area contributed by atoms with Gasteiger partial charge in [0.25, 0.3) is 0 Å². The summed E-state index contributed by atoms with van der Waals surface area (Å²) < 4.78 is 40.1. The Hall–Kier alpha value is -4.75. The number of nitrogens with zero attached hydrogens (tertiary/aromatic N) is 6. The minimum absolute atomic E-state index is 0.0194. The Morgan fingerprint density at radius 1 is 0.761 bits per heavy atom. The predicted molar refractivity (Wildman–Crippen MR) is 172 cm³/mol. The second-order valence-corrected chi connectivity index (χ2v) is 14.4. The molecule has 0 saturated carbocycles. The number of rotatable bonds is 10. The fraction of sp³-hybridized carbons (Fsp3) is 0.333. The van der Waals surface area contributed by atoms with Gasteiger partial charge in [0, 0.05) is 24.5 Å². The van der Waals surface area contributed by atoms with Gasteiger partial charge in [-0.1, -0.05) is 30.3 Å². The van der Waals surface area contributed by atoms with E-state index in [9.17, 15) is 18.0 Å². The van der Waals surface area contributed by atoms with Crippen LogP contribution in [-0.4, -0.2) is 62.7 Å². The molecule has 0 saturated heterocycles. The third-order valence-corrected chi connectivity index (χ3v) is 8.01. The summed E-state index contributed by atoms with van der Waals surface area (Å²) in [5.41, 5.74) is 1.22. The largest absolute Gasteiger partial charge is 0.459 e. The molecule has 3 heterocycles. The van der Waals surface area contributed by atoms with Crippen molar-refractivity contribution < 1.29 is 27.5 Å². The quantitative estimate of drug-likeness (QED) is 0.205. The van der Waals surface area contributed by atoms with Crippen LogP contribution >= 0.6 is 0 Å². The number of ether oxygens (including phenoxy) is 2. The van der Waals surface area contributed by atoms with Crippen molar-refractivity contribution in [2.45, 2.75) is 70.7 Å². The van der Waals surface area contributed by atoms with Gasteiger partial charge in [-0.15, -0.1) is 0 Å². The van der Waals surface area contributed by atoms with Crippen LogP contribution in [0.4, 0.5) is 10.6 Å². The van der Waals surface area contributed by atoms with Crippen LogP contribution in [0.5, 0.6) is 0 Å². The Bertz CT molecular complexity index is 1740. The predicted octanol–water partition coefficient (Wildman–Crippen LogP) is 5.41. The van der Waals surface area contributed by atoms with Crippen molar-refractivity contribution in [3.63, 3.8) is 0 Å². The zero-order valence-corrected chi connectivity index (χ0v) is 27.6. The van der Waals surface area contributed by atoms with Gasteiger partial charge in [-0.3, -0.25) is 14.7 Å². The van der Waals surface area contributed by atoms with Gasteiger partial charge in [0.15, 0.2) is 0 Å². The van der Waals surface area contributed by atoms with Gasteiger partial charge in [-0.2, -0.15) is 14.5 Å². The van der Waals surface area contributed by atoms with Gasteiger partial charge in [-0.25, -0.2) is 18.2 Å². The molecule has 0 fully saturated rings. The van der Waals surface area contributed by atoms with Crippen LogP contribution in [0.1, 0.15) is 52.8 Å². The van der Waals surface area contributed by atoms with Crippen LogP contribution in [0.25, 0.3) is 11.1 Å². The van der Waals surface area contributed by atoms with Crippen LogP contribution in [0.3, 0.4) is 0 Å². The van der Waals surface area contributed by atoms with E-state index in [1.165, 1.54) is 22.8 Å². The Morgan fingerprint density at radius 3 is 2.09 bits per heavy atom. The molecule has 0 radical (unpaired) electrons. The zero-order chi connectivity index (χ0) is 33.5. The molecule has 1 aromatic carbocycles. The molecule has 13 heteroatoms. The normalized spacial score (nSPS) is 12.1. The maximum atomic E-state index is 13.9. The average Bonchev–Trinajstić information content (AvgIpc) is 2.99. The van der Waals surface area contributed by atoms with E-state index in [2.05, 4.69) is 20.2 Å². The Labute approximate surface area is 269 Å². The average molecular weight is 647 g/mol. The van der Waals surface area contributed by atoms with Gasteiger partial charge in [0.2, 0.25) is 10.0 Å². The summed E-state index contributed by atoms with van der Waals surface area (Å²) in [4.78, 5) is 35.7. The van der Waals surface area contributed by atoms with Crippen molar-refractivity contribution in [3.05, 3.63) is 96.7 Å². The summed E-state index contributed by atoms with van der Waals surface area (Å²) in [6.45, 7) is 9.72. The summed E-state index contributed by atoms with van der Waals surface area (Å²) >= 11 is 0. The minimum atomic E-state index is -4.04. The van der Waals surface area contributed by atoms with Crippen LogP contribution in [-0.2, 0) is 37.4 Å². The molecule has 1 amide bonds. The van der Waals surface area contributed by atoms with Gasteiger partial charge < -0.3 is 9.47 Å². The molecule has 4 aromatic rings.